The fraction of sp³-hybridized carbons (Fsp3) is 0.0800. The smallest absolute Gasteiger partial charge is 0.342 e. The van der Waals surface area contributed by atoms with E-state index in [4.69, 9.17) is 25.5 Å². The van der Waals surface area contributed by atoms with E-state index in [2.05, 4.69) is 26.1 Å². The summed E-state index contributed by atoms with van der Waals surface area (Å²) in [6.07, 6.45) is 1.50. The van der Waals surface area contributed by atoms with Gasteiger partial charge in [-0.1, -0.05) is 45.7 Å². The maximum absolute atomic E-state index is 11.9. The Labute approximate surface area is 218 Å². The second kappa shape index (κ2) is 11.4. The molecule has 10 heteroatoms. The fourth-order valence-corrected chi connectivity index (χ4v) is 4.04. The lowest BCUT2D eigenvalue weighted by molar-refractivity contribution is -0.131. The maximum atomic E-state index is 11.9. The Hall–Kier alpha value is -3.27. The number of aromatic nitrogens is 2. The van der Waals surface area contributed by atoms with Crippen LogP contribution in [0.15, 0.2) is 85.7 Å². The summed E-state index contributed by atoms with van der Waals surface area (Å²) < 4.78 is 17.9. The molecule has 1 N–H and O–H groups in total. The lowest BCUT2D eigenvalue weighted by Gasteiger charge is -2.12. The standard InChI is InChI=1S/C25H18BrClN2O5S/c1-32-21-12-16(4-11-20(21)33-14-15-2-7-18(26)8-3-15)13-22(24(30)31)35-25-29-28-23(34-25)17-5-9-19(27)10-6-17/h2-13H,14H2,1H3,(H,30,31)/b22-13-. The van der Waals surface area contributed by atoms with Gasteiger partial charge in [-0.3, -0.25) is 0 Å². The molecule has 35 heavy (non-hydrogen) atoms. The minimum Gasteiger partial charge on any atom is -0.493 e. The Morgan fingerprint density at radius 1 is 1.09 bits per heavy atom. The van der Waals surface area contributed by atoms with E-state index < -0.39 is 5.97 Å². The summed E-state index contributed by atoms with van der Waals surface area (Å²) in [5.74, 6) is 0.161. The SMILES string of the molecule is COc1cc(/C=C(\Sc2nnc(-c3ccc(Cl)cc3)o2)C(=O)O)ccc1OCc1ccc(Br)cc1. The van der Waals surface area contributed by atoms with Gasteiger partial charge in [0.15, 0.2) is 11.5 Å². The van der Waals surface area contributed by atoms with E-state index in [-0.39, 0.29) is 16.0 Å². The van der Waals surface area contributed by atoms with Crippen LogP contribution >= 0.6 is 39.3 Å². The van der Waals surface area contributed by atoms with Gasteiger partial charge in [0.05, 0.1) is 7.11 Å². The Balaban J connectivity index is 1.50. The first-order valence-electron chi connectivity index (χ1n) is 10.2. The molecule has 0 bridgehead atoms. The van der Waals surface area contributed by atoms with Crippen LogP contribution in [0, 0.1) is 0 Å². The third-order valence-corrected chi connectivity index (χ3v) is 6.33. The first kappa shape index (κ1) is 24.8. The highest BCUT2D eigenvalue weighted by Gasteiger charge is 2.17. The van der Waals surface area contributed by atoms with Crippen molar-refractivity contribution in [2.45, 2.75) is 11.8 Å². The Morgan fingerprint density at radius 2 is 1.83 bits per heavy atom. The quantitative estimate of drug-likeness (QED) is 0.170. The fourth-order valence-electron chi connectivity index (χ4n) is 2.98. The average molecular weight is 574 g/mol. The molecule has 3 aromatic carbocycles. The molecule has 178 valence electrons. The number of methoxy groups -OCH3 is 1. The molecule has 0 spiro atoms. The molecule has 0 amide bonds. The first-order chi connectivity index (χ1) is 16.9. The number of halogens is 2. The van der Waals surface area contributed by atoms with Gasteiger partial charge in [-0.2, -0.15) is 0 Å². The lowest BCUT2D eigenvalue weighted by atomic mass is 10.2. The molecule has 0 unspecified atom stereocenters. The molecule has 0 fully saturated rings. The summed E-state index contributed by atoms with van der Waals surface area (Å²) in [6.45, 7) is 0.363. The van der Waals surface area contributed by atoms with Gasteiger partial charge in [0.2, 0.25) is 5.89 Å². The molecule has 4 rings (SSSR count). The van der Waals surface area contributed by atoms with Crippen molar-refractivity contribution in [3.63, 3.8) is 0 Å². The normalized spacial score (nSPS) is 11.3. The van der Waals surface area contributed by atoms with Gasteiger partial charge >= 0.3 is 5.97 Å². The van der Waals surface area contributed by atoms with E-state index in [1.807, 2.05) is 24.3 Å². The summed E-state index contributed by atoms with van der Waals surface area (Å²) in [5.41, 5.74) is 2.29. The molecule has 0 aliphatic heterocycles. The van der Waals surface area contributed by atoms with Crippen molar-refractivity contribution >= 4 is 51.3 Å². The van der Waals surface area contributed by atoms with Crippen LogP contribution in [0.3, 0.4) is 0 Å². The molecule has 4 aromatic rings. The van der Waals surface area contributed by atoms with Crippen molar-refractivity contribution in [1.29, 1.82) is 0 Å². The number of aliphatic carboxylic acids is 1. The summed E-state index contributed by atoms with van der Waals surface area (Å²) in [6, 6.07) is 19.9. The van der Waals surface area contributed by atoms with Crippen LogP contribution in [0.1, 0.15) is 11.1 Å². The van der Waals surface area contributed by atoms with Crippen molar-refractivity contribution in [2.24, 2.45) is 0 Å². The number of ether oxygens (including phenoxy) is 2. The van der Waals surface area contributed by atoms with Crippen molar-refractivity contribution in [1.82, 2.24) is 10.2 Å². The van der Waals surface area contributed by atoms with E-state index in [0.717, 1.165) is 21.8 Å². The van der Waals surface area contributed by atoms with Crippen LogP contribution in [0.2, 0.25) is 5.02 Å². The van der Waals surface area contributed by atoms with Crippen LogP contribution in [-0.2, 0) is 11.4 Å². The number of thioether (sulfide) groups is 1. The predicted octanol–water partition coefficient (Wildman–Crippen LogP) is 6.96. The summed E-state index contributed by atoms with van der Waals surface area (Å²) >= 11 is 10.2. The number of carboxylic acid groups (broad SMARTS) is 1. The predicted molar refractivity (Wildman–Crippen MR) is 138 cm³/mol. The van der Waals surface area contributed by atoms with E-state index >= 15 is 0 Å². The van der Waals surface area contributed by atoms with Crippen LogP contribution in [0.5, 0.6) is 11.5 Å². The molecule has 1 aromatic heterocycles. The zero-order valence-electron chi connectivity index (χ0n) is 18.3. The highest BCUT2D eigenvalue weighted by molar-refractivity contribution is 9.10. The Morgan fingerprint density at radius 3 is 2.51 bits per heavy atom. The van der Waals surface area contributed by atoms with Gasteiger partial charge in [0, 0.05) is 15.1 Å². The van der Waals surface area contributed by atoms with Crippen molar-refractivity contribution in [2.75, 3.05) is 7.11 Å². The molecule has 0 saturated heterocycles. The number of nitrogens with zero attached hydrogens (tertiary/aromatic N) is 2. The maximum Gasteiger partial charge on any atom is 0.342 e. The van der Waals surface area contributed by atoms with Crippen molar-refractivity contribution in [3.8, 4) is 23.0 Å². The molecule has 0 aliphatic rings. The minimum absolute atomic E-state index is 0.00175. The summed E-state index contributed by atoms with van der Waals surface area (Å²) in [4.78, 5) is 11.9. The Kier molecular flexibility index (Phi) is 8.12. The van der Waals surface area contributed by atoms with Gasteiger partial charge in [-0.15, -0.1) is 10.2 Å². The van der Waals surface area contributed by atoms with Crippen LogP contribution in [0.4, 0.5) is 0 Å². The number of carbonyl (C=O) groups is 1. The third kappa shape index (κ3) is 6.66. The number of benzene rings is 3. The number of hydrogen-bond acceptors (Lipinski definition) is 7. The highest BCUT2D eigenvalue weighted by atomic mass is 79.9. The van der Waals surface area contributed by atoms with Crippen LogP contribution < -0.4 is 9.47 Å². The van der Waals surface area contributed by atoms with Gasteiger partial charge in [-0.25, -0.2) is 4.79 Å². The largest absolute Gasteiger partial charge is 0.493 e. The zero-order chi connectivity index (χ0) is 24.8. The van der Waals surface area contributed by atoms with Gasteiger partial charge < -0.3 is 19.0 Å². The van der Waals surface area contributed by atoms with E-state index in [1.54, 1.807) is 42.5 Å². The molecule has 7 nitrogen and oxygen atoms in total. The summed E-state index contributed by atoms with van der Waals surface area (Å²) in [5, 5.41) is 18.3. The van der Waals surface area contributed by atoms with Gasteiger partial charge in [-0.05, 0) is 77.5 Å². The van der Waals surface area contributed by atoms with Crippen LogP contribution in [0.25, 0.3) is 17.5 Å². The molecule has 1 heterocycles. The first-order valence-corrected chi connectivity index (χ1v) is 12.2. The topological polar surface area (TPSA) is 94.7 Å². The van der Waals surface area contributed by atoms with Gasteiger partial charge in [0.1, 0.15) is 11.5 Å². The van der Waals surface area contributed by atoms with E-state index in [9.17, 15) is 9.90 Å². The number of carboxylic acids is 1. The monoisotopic (exact) mass is 572 g/mol. The van der Waals surface area contributed by atoms with E-state index in [0.29, 0.717) is 34.3 Å². The number of rotatable bonds is 9. The van der Waals surface area contributed by atoms with E-state index in [1.165, 1.54) is 13.2 Å². The average Bonchev–Trinajstić information content (AvgIpc) is 3.32. The number of hydrogen-bond donors (Lipinski definition) is 1. The van der Waals surface area contributed by atoms with Gasteiger partial charge in [0.25, 0.3) is 5.22 Å². The molecule has 0 radical (unpaired) electrons. The Bertz CT molecular complexity index is 1360. The van der Waals surface area contributed by atoms with Crippen LogP contribution in [-0.4, -0.2) is 28.4 Å². The lowest BCUT2D eigenvalue weighted by Crippen LogP contribution is -1.99. The summed E-state index contributed by atoms with van der Waals surface area (Å²) in [7, 11) is 1.53. The van der Waals surface area contributed by atoms with Crippen molar-refractivity contribution in [3.05, 3.63) is 92.3 Å². The third-order valence-electron chi connectivity index (χ3n) is 4.70. The zero-order valence-corrected chi connectivity index (χ0v) is 21.4. The molecule has 0 atom stereocenters. The molecular weight excluding hydrogens is 556 g/mol. The highest BCUT2D eigenvalue weighted by Crippen LogP contribution is 2.33. The molecule has 0 saturated carbocycles. The van der Waals surface area contributed by atoms with Crippen molar-refractivity contribution < 1.29 is 23.8 Å². The minimum atomic E-state index is -1.13. The second-order valence-electron chi connectivity index (χ2n) is 7.12. The molecule has 0 aliphatic carbocycles. The molecular formula is C25H18BrClN2O5S. The second-order valence-corrected chi connectivity index (χ2v) is 9.47.